The number of hydrogen-bond acceptors (Lipinski definition) is 4. The van der Waals surface area contributed by atoms with Crippen molar-refractivity contribution in [2.24, 2.45) is 5.92 Å². The van der Waals surface area contributed by atoms with E-state index in [1.165, 1.54) is 0 Å². The van der Waals surface area contributed by atoms with Crippen LogP contribution in [0.1, 0.15) is 6.42 Å². The van der Waals surface area contributed by atoms with Crippen molar-refractivity contribution in [1.82, 2.24) is 0 Å². The minimum atomic E-state index is 0.279. The molecule has 2 heterocycles. The van der Waals surface area contributed by atoms with Crippen molar-refractivity contribution in [2.45, 2.75) is 6.42 Å². The van der Waals surface area contributed by atoms with E-state index in [1.807, 2.05) is 12.1 Å². The first kappa shape index (κ1) is 10.7. The van der Waals surface area contributed by atoms with Gasteiger partial charge in [0.15, 0.2) is 11.5 Å². The van der Waals surface area contributed by atoms with Crippen LogP contribution >= 0.6 is 0 Å². The summed E-state index contributed by atoms with van der Waals surface area (Å²) in [5.74, 6) is 2.07. The van der Waals surface area contributed by atoms with Gasteiger partial charge in [-0.25, -0.2) is 0 Å². The fraction of sp³-hybridized carbons (Fsp3) is 0.538. The van der Waals surface area contributed by atoms with Gasteiger partial charge in [0.25, 0.3) is 0 Å². The summed E-state index contributed by atoms with van der Waals surface area (Å²) in [5.41, 5.74) is 1.16. The van der Waals surface area contributed by atoms with Gasteiger partial charge >= 0.3 is 0 Å². The Hall–Kier alpha value is -1.42. The molecule has 0 saturated carbocycles. The third-order valence-corrected chi connectivity index (χ3v) is 3.43. The monoisotopic (exact) mass is 235 g/mol. The molecule has 1 aromatic carbocycles. The zero-order valence-corrected chi connectivity index (χ0v) is 9.76. The van der Waals surface area contributed by atoms with Gasteiger partial charge in [0.1, 0.15) is 13.2 Å². The van der Waals surface area contributed by atoms with Gasteiger partial charge in [0, 0.05) is 37.4 Å². The molecule has 0 spiro atoms. The first-order chi connectivity index (χ1) is 8.36. The highest BCUT2D eigenvalue weighted by atomic mass is 16.6. The third-order valence-electron chi connectivity index (χ3n) is 3.43. The van der Waals surface area contributed by atoms with Crippen LogP contribution in [0.2, 0.25) is 0 Å². The van der Waals surface area contributed by atoms with Gasteiger partial charge in [-0.15, -0.1) is 0 Å². The van der Waals surface area contributed by atoms with Crippen molar-refractivity contribution in [3.05, 3.63) is 18.2 Å². The van der Waals surface area contributed by atoms with Crippen LogP contribution in [0.3, 0.4) is 0 Å². The number of hydrogen-bond donors (Lipinski definition) is 1. The zero-order chi connectivity index (χ0) is 11.7. The Morgan fingerprint density at radius 2 is 2.06 bits per heavy atom. The van der Waals surface area contributed by atoms with Gasteiger partial charge in [0.05, 0.1) is 0 Å². The van der Waals surface area contributed by atoms with E-state index in [9.17, 15) is 0 Å². The molecular formula is C13H17NO3. The Kier molecular flexibility index (Phi) is 2.81. The van der Waals surface area contributed by atoms with Crippen LogP contribution in [-0.4, -0.2) is 38.0 Å². The molecule has 0 aliphatic carbocycles. The molecule has 0 aromatic heterocycles. The van der Waals surface area contributed by atoms with Gasteiger partial charge < -0.3 is 19.5 Å². The van der Waals surface area contributed by atoms with Gasteiger partial charge in [-0.3, -0.25) is 0 Å². The molecule has 0 amide bonds. The van der Waals surface area contributed by atoms with Gasteiger partial charge in [0.2, 0.25) is 0 Å². The lowest BCUT2D eigenvalue weighted by Gasteiger charge is -2.23. The molecule has 1 aromatic rings. The molecule has 17 heavy (non-hydrogen) atoms. The number of fused-ring (bicyclic) bond motifs is 1. The Balaban J connectivity index is 1.79. The summed E-state index contributed by atoms with van der Waals surface area (Å²) in [4.78, 5) is 2.29. The number of benzene rings is 1. The molecule has 92 valence electrons. The summed E-state index contributed by atoms with van der Waals surface area (Å²) in [7, 11) is 0. The molecule has 3 rings (SSSR count). The van der Waals surface area contributed by atoms with Crippen molar-refractivity contribution < 1.29 is 14.6 Å². The van der Waals surface area contributed by atoms with Crippen LogP contribution in [0.4, 0.5) is 5.69 Å². The molecule has 2 aliphatic rings. The molecule has 0 bridgehead atoms. The maximum atomic E-state index is 9.15. The minimum absolute atomic E-state index is 0.279. The summed E-state index contributed by atoms with van der Waals surface area (Å²) in [6.45, 7) is 3.46. The second-order valence-corrected chi connectivity index (χ2v) is 4.61. The fourth-order valence-corrected chi connectivity index (χ4v) is 2.44. The molecule has 1 N–H and O–H groups in total. The van der Waals surface area contributed by atoms with Crippen LogP contribution in [0.25, 0.3) is 0 Å². The smallest absolute Gasteiger partial charge is 0.163 e. The van der Waals surface area contributed by atoms with E-state index in [2.05, 4.69) is 11.0 Å². The molecule has 1 unspecified atom stereocenters. The molecule has 1 atom stereocenters. The highest BCUT2D eigenvalue weighted by molar-refractivity contribution is 5.57. The van der Waals surface area contributed by atoms with Crippen molar-refractivity contribution in [2.75, 3.05) is 37.8 Å². The summed E-state index contributed by atoms with van der Waals surface area (Å²) in [5, 5.41) is 9.15. The SMILES string of the molecule is OCC1CCN(c2ccc3c(c2)OCCO3)C1. The number of anilines is 1. The number of aliphatic hydroxyl groups excluding tert-OH is 1. The lowest BCUT2D eigenvalue weighted by atomic mass is 10.1. The molecule has 4 heteroatoms. The van der Waals surface area contributed by atoms with Gasteiger partial charge in [-0.2, -0.15) is 0 Å². The van der Waals surface area contributed by atoms with Crippen molar-refractivity contribution in [1.29, 1.82) is 0 Å². The number of aliphatic hydroxyl groups is 1. The summed E-state index contributed by atoms with van der Waals surface area (Å²) in [6, 6.07) is 6.07. The van der Waals surface area contributed by atoms with Crippen molar-refractivity contribution in [3.8, 4) is 11.5 Å². The predicted octanol–water partition coefficient (Wildman–Crippen LogP) is 1.28. The largest absolute Gasteiger partial charge is 0.486 e. The quantitative estimate of drug-likeness (QED) is 0.838. The Morgan fingerprint density at radius 3 is 2.82 bits per heavy atom. The van der Waals surface area contributed by atoms with Crippen molar-refractivity contribution in [3.63, 3.8) is 0 Å². The third kappa shape index (κ3) is 2.05. The lowest BCUT2D eigenvalue weighted by molar-refractivity contribution is 0.171. The molecule has 1 fully saturated rings. The second-order valence-electron chi connectivity index (χ2n) is 4.61. The van der Waals surface area contributed by atoms with Crippen molar-refractivity contribution >= 4 is 5.69 Å². The van der Waals surface area contributed by atoms with E-state index in [4.69, 9.17) is 14.6 Å². The highest BCUT2D eigenvalue weighted by Crippen LogP contribution is 2.35. The summed E-state index contributed by atoms with van der Waals surface area (Å²) in [6.07, 6.45) is 1.06. The minimum Gasteiger partial charge on any atom is -0.486 e. The van der Waals surface area contributed by atoms with E-state index in [-0.39, 0.29) is 6.61 Å². The molecule has 0 radical (unpaired) electrons. The predicted molar refractivity (Wildman–Crippen MR) is 64.8 cm³/mol. The standard InChI is InChI=1S/C13H17NO3/c15-9-10-3-4-14(8-10)11-1-2-12-13(7-11)17-6-5-16-12/h1-2,7,10,15H,3-6,8-9H2. The fourth-order valence-electron chi connectivity index (χ4n) is 2.44. The Bertz CT molecular complexity index is 408. The molecule has 2 aliphatic heterocycles. The molecular weight excluding hydrogens is 218 g/mol. The summed E-state index contributed by atoms with van der Waals surface area (Å²) < 4.78 is 11.1. The van der Waals surface area contributed by atoms with E-state index in [0.717, 1.165) is 36.7 Å². The maximum absolute atomic E-state index is 9.15. The lowest BCUT2D eigenvalue weighted by Crippen LogP contribution is -2.21. The van der Waals surface area contributed by atoms with E-state index >= 15 is 0 Å². The van der Waals surface area contributed by atoms with Crippen LogP contribution < -0.4 is 14.4 Å². The second kappa shape index (κ2) is 4.45. The number of ether oxygens (including phenoxy) is 2. The number of rotatable bonds is 2. The van der Waals surface area contributed by atoms with Gasteiger partial charge in [-0.1, -0.05) is 0 Å². The Morgan fingerprint density at radius 1 is 1.24 bits per heavy atom. The molecule has 4 nitrogen and oxygen atoms in total. The maximum Gasteiger partial charge on any atom is 0.163 e. The van der Waals surface area contributed by atoms with E-state index in [1.54, 1.807) is 0 Å². The van der Waals surface area contributed by atoms with E-state index in [0.29, 0.717) is 19.1 Å². The first-order valence-corrected chi connectivity index (χ1v) is 6.12. The normalized spacial score (nSPS) is 22.9. The highest BCUT2D eigenvalue weighted by Gasteiger charge is 2.23. The van der Waals surface area contributed by atoms with Gasteiger partial charge in [-0.05, 0) is 18.6 Å². The Labute approximate surface area is 101 Å². The topological polar surface area (TPSA) is 41.9 Å². The first-order valence-electron chi connectivity index (χ1n) is 6.12. The average molecular weight is 235 g/mol. The zero-order valence-electron chi connectivity index (χ0n) is 9.76. The van der Waals surface area contributed by atoms with Crippen LogP contribution in [-0.2, 0) is 0 Å². The molecule has 1 saturated heterocycles. The van der Waals surface area contributed by atoms with Crippen LogP contribution in [0, 0.1) is 5.92 Å². The van der Waals surface area contributed by atoms with Crippen LogP contribution in [0.15, 0.2) is 18.2 Å². The average Bonchev–Trinajstić information content (AvgIpc) is 2.87. The van der Waals surface area contributed by atoms with E-state index < -0.39 is 0 Å². The summed E-state index contributed by atoms with van der Waals surface area (Å²) >= 11 is 0. The number of nitrogens with zero attached hydrogens (tertiary/aromatic N) is 1. The van der Waals surface area contributed by atoms with Crippen LogP contribution in [0.5, 0.6) is 11.5 Å².